The van der Waals surface area contributed by atoms with Crippen molar-refractivity contribution in [1.82, 2.24) is 15.5 Å². The molecular weight excluding hydrogens is 218 g/mol. The van der Waals surface area contributed by atoms with Crippen molar-refractivity contribution in [1.29, 1.82) is 5.26 Å². The molecule has 0 saturated heterocycles. The number of nitriles is 1. The Labute approximate surface area is 100 Å². The van der Waals surface area contributed by atoms with Crippen LogP contribution in [-0.2, 0) is 4.79 Å². The average molecular weight is 233 g/mol. The number of aryl methyl sites for hydroxylation is 1. The molecule has 0 aliphatic heterocycles. The third-order valence-electron chi connectivity index (χ3n) is 2.49. The van der Waals surface area contributed by atoms with E-state index >= 15 is 0 Å². The Bertz CT molecular complexity index is 464. The third kappa shape index (κ3) is 3.14. The molecule has 17 heavy (non-hydrogen) atoms. The van der Waals surface area contributed by atoms with Gasteiger partial charge in [0.15, 0.2) is 5.82 Å². The predicted molar refractivity (Wildman–Crippen MR) is 63.4 cm³/mol. The van der Waals surface area contributed by atoms with Crippen molar-refractivity contribution >= 4 is 11.7 Å². The van der Waals surface area contributed by atoms with Crippen LogP contribution in [0.5, 0.6) is 0 Å². The van der Waals surface area contributed by atoms with Crippen molar-refractivity contribution in [3.8, 4) is 6.07 Å². The van der Waals surface area contributed by atoms with Crippen LogP contribution in [0.2, 0.25) is 0 Å². The zero-order valence-electron chi connectivity index (χ0n) is 10.2. The van der Waals surface area contributed by atoms with Crippen molar-refractivity contribution < 1.29 is 4.79 Å². The Kier molecular flexibility index (Phi) is 4.40. The van der Waals surface area contributed by atoms with Gasteiger partial charge in [-0.25, -0.2) is 0 Å². The molecule has 0 bridgehead atoms. The lowest BCUT2D eigenvalue weighted by atomic mass is 10.1. The van der Waals surface area contributed by atoms with E-state index in [1.807, 2.05) is 6.92 Å². The van der Waals surface area contributed by atoms with E-state index in [1.54, 1.807) is 14.0 Å². The van der Waals surface area contributed by atoms with E-state index in [0.29, 0.717) is 24.3 Å². The molecule has 6 heteroatoms. The number of anilines is 1. The van der Waals surface area contributed by atoms with E-state index in [1.165, 1.54) is 0 Å². The first kappa shape index (κ1) is 12.9. The molecule has 0 spiro atoms. The van der Waals surface area contributed by atoms with Gasteiger partial charge in [0.2, 0.25) is 5.91 Å². The van der Waals surface area contributed by atoms with Gasteiger partial charge in [0.25, 0.3) is 0 Å². The van der Waals surface area contributed by atoms with Gasteiger partial charge in [-0.1, -0.05) is 0 Å². The molecule has 1 heterocycles. The number of aromatic nitrogens is 2. The Morgan fingerprint density at radius 2 is 2.12 bits per heavy atom. The van der Waals surface area contributed by atoms with E-state index in [9.17, 15) is 4.79 Å². The second-order valence-corrected chi connectivity index (χ2v) is 3.60. The number of nitrogens with one attached hydrogen (secondary N) is 2. The second kappa shape index (κ2) is 5.80. The van der Waals surface area contributed by atoms with Crippen LogP contribution in [0.3, 0.4) is 0 Å². The average Bonchev–Trinajstić information content (AvgIpc) is 2.33. The smallest absolute Gasteiger partial charge is 0.221 e. The van der Waals surface area contributed by atoms with Gasteiger partial charge in [0.05, 0.1) is 5.69 Å². The van der Waals surface area contributed by atoms with Gasteiger partial charge in [0.1, 0.15) is 11.6 Å². The van der Waals surface area contributed by atoms with Gasteiger partial charge in [-0.05, 0) is 19.4 Å². The molecule has 1 rings (SSSR count). The van der Waals surface area contributed by atoms with Gasteiger partial charge in [0, 0.05) is 20.0 Å². The summed E-state index contributed by atoms with van der Waals surface area (Å²) >= 11 is 0. The fourth-order valence-electron chi connectivity index (χ4n) is 1.29. The Morgan fingerprint density at radius 3 is 2.71 bits per heavy atom. The molecule has 90 valence electrons. The fraction of sp³-hybridized carbons (Fsp3) is 0.455. The summed E-state index contributed by atoms with van der Waals surface area (Å²) in [5.74, 6) is 0.368. The van der Waals surface area contributed by atoms with Crippen LogP contribution in [0.1, 0.15) is 23.2 Å². The molecule has 0 atom stereocenters. The molecule has 0 unspecified atom stereocenters. The third-order valence-corrected chi connectivity index (χ3v) is 2.49. The summed E-state index contributed by atoms with van der Waals surface area (Å²) in [6.45, 7) is 4.05. The van der Waals surface area contributed by atoms with E-state index in [4.69, 9.17) is 5.26 Å². The highest BCUT2D eigenvalue weighted by Crippen LogP contribution is 2.16. The molecule has 1 amide bonds. The number of nitrogens with zero attached hydrogens (tertiary/aromatic N) is 3. The summed E-state index contributed by atoms with van der Waals surface area (Å²) in [5.41, 5.74) is 2.03. The SMILES string of the molecule is CNC(=O)CCNc1nnc(C)c(C)c1C#N. The number of hydrogen-bond donors (Lipinski definition) is 2. The lowest BCUT2D eigenvalue weighted by Crippen LogP contribution is -2.21. The van der Waals surface area contributed by atoms with Crippen LogP contribution in [-0.4, -0.2) is 29.7 Å². The van der Waals surface area contributed by atoms with Gasteiger partial charge < -0.3 is 10.6 Å². The Hall–Kier alpha value is -2.16. The summed E-state index contributed by atoms with van der Waals surface area (Å²) in [7, 11) is 1.58. The van der Waals surface area contributed by atoms with Crippen molar-refractivity contribution in [2.24, 2.45) is 0 Å². The molecule has 0 saturated carbocycles. The lowest BCUT2D eigenvalue weighted by molar-refractivity contribution is -0.120. The van der Waals surface area contributed by atoms with Gasteiger partial charge in [-0.15, -0.1) is 5.10 Å². The first-order valence-electron chi connectivity index (χ1n) is 5.28. The maximum atomic E-state index is 11.0. The van der Waals surface area contributed by atoms with Crippen LogP contribution in [0, 0.1) is 25.2 Å². The van der Waals surface area contributed by atoms with Gasteiger partial charge in [-0.2, -0.15) is 10.4 Å². The maximum Gasteiger partial charge on any atom is 0.221 e. The monoisotopic (exact) mass is 233 g/mol. The van der Waals surface area contributed by atoms with E-state index in [2.05, 4.69) is 26.9 Å². The summed E-state index contributed by atoms with van der Waals surface area (Å²) in [4.78, 5) is 11.0. The summed E-state index contributed by atoms with van der Waals surface area (Å²) in [5, 5.41) is 22.4. The Balaban J connectivity index is 2.76. The number of carbonyl (C=O) groups is 1. The number of hydrogen-bond acceptors (Lipinski definition) is 5. The first-order valence-corrected chi connectivity index (χ1v) is 5.28. The quantitative estimate of drug-likeness (QED) is 0.790. The molecule has 0 aliphatic carbocycles. The minimum atomic E-state index is -0.0622. The molecule has 6 nitrogen and oxygen atoms in total. The maximum absolute atomic E-state index is 11.0. The van der Waals surface area contributed by atoms with Crippen molar-refractivity contribution in [3.05, 3.63) is 16.8 Å². The molecule has 0 aromatic carbocycles. The van der Waals surface area contributed by atoms with Crippen LogP contribution in [0.25, 0.3) is 0 Å². The normalized spacial score (nSPS) is 9.53. The topological polar surface area (TPSA) is 90.7 Å². The summed E-state index contributed by atoms with van der Waals surface area (Å²) in [6, 6.07) is 2.09. The molecule has 2 N–H and O–H groups in total. The number of rotatable bonds is 4. The van der Waals surface area contributed by atoms with Crippen molar-refractivity contribution in [2.75, 3.05) is 18.9 Å². The molecule has 1 aromatic heterocycles. The molecular formula is C11H15N5O. The summed E-state index contributed by atoms with van der Waals surface area (Å²) < 4.78 is 0. The minimum absolute atomic E-state index is 0.0622. The Morgan fingerprint density at radius 1 is 1.41 bits per heavy atom. The highest BCUT2D eigenvalue weighted by Gasteiger charge is 2.10. The minimum Gasteiger partial charge on any atom is -0.367 e. The molecule has 0 aliphatic rings. The highest BCUT2D eigenvalue weighted by molar-refractivity contribution is 5.76. The van der Waals surface area contributed by atoms with Crippen LogP contribution < -0.4 is 10.6 Å². The molecule has 1 aromatic rings. The largest absolute Gasteiger partial charge is 0.367 e. The predicted octanol–water partition coefficient (Wildman–Crippen LogP) is 0.513. The van der Waals surface area contributed by atoms with Crippen LogP contribution >= 0.6 is 0 Å². The molecule has 0 radical (unpaired) electrons. The number of carbonyl (C=O) groups excluding carboxylic acids is 1. The zero-order chi connectivity index (χ0) is 12.8. The lowest BCUT2D eigenvalue weighted by Gasteiger charge is -2.08. The summed E-state index contributed by atoms with van der Waals surface area (Å²) in [6.07, 6.45) is 0.329. The fourth-order valence-corrected chi connectivity index (χ4v) is 1.29. The van der Waals surface area contributed by atoms with Crippen molar-refractivity contribution in [3.63, 3.8) is 0 Å². The molecule has 0 fully saturated rings. The van der Waals surface area contributed by atoms with Crippen LogP contribution in [0.4, 0.5) is 5.82 Å². The van der Waals surface area contributed by atoms with Gasteiger partial charge >= 0.3 is 0 Å². The number of amides is 1. The van der Waals surface area contributed by atoms with E-state index in [0.717, 1.165) is 11.3 Å². The van der Waals surface area contributed by atoms with E-state index < -0.39 is 0 Å². The standard InChI is InChI=1S/C11H15N5O/c1-7-8(2)15-16-11(9(7)6-12)14-5-4-10(17)13-3/h4-5H2,1-3H3,(H,13,17)(H,14,16). The van der Waals surface area contributed by atoms with Gasteiger partial charge in [-0.3, -0.25) is 4.79 Å². The van der Waals surface area contributed by atoms with E-state index in [-0.39, 0.29) is 5.91 Å². The second-order valence-electron chi connectivity index (χ2n) is 3.60. The zero-order valence-corrected chi connectivity index (χ0v) is 10.2. The van der Waals surface area contributed by atoms with Crippen LogP contribution in [0.15, 0.2) is 0 Å². The van der Waals surface area contributed by atoms with Crippen molar-refractivity contribution in [2.45, 2.75) is 20.3 Å². The highest BCUT2D eigenvalue weighted by atomic mass is 16.1. The first-order chi connectivity index (χ1) is 8.10.